The van der Waals surface area contributed by atoms with Gasteiger partial charge in [-0.05, 0) is 42.3 Å². The van der Waals surface area contributed by atoms with Crippen molar-refractivity contribution in [1.82, 2.24) is 0 Å². The van der Waals surface area contributed by atoms with Crippen molar-refractivity contribution >= 4 is 15.9 Å². The lowest BCUT2D eigenvalue weighted by molar-refractivity contribution is 0.413. The first-order valence-corrected chi connectivity index (χ1v) is 6.53. The monoisotopic (exact) mass is 305 g/mol. The van der Waals surface area contributed by atoms with Crippen molar-refractivity contribution < 1.29 is 4.74 Å². The Morgan fingerprint density at radius 2 is 1.67 bits per heavy atom. The number of ether oxygens (including phenoxy) is 1. The molecule has 94 valence electrons. The second-order valence-corrected chi connectivity index (χ2v) is 5.36. The Hall–Kier alpha value is -1.32. The van der Waals surface area contributed by atoms with Gasteiger partial charge in [-0.3, -0.25) is 0 Å². The van der Waals surface area contributed by atoms with Crippen LogP contribution in [0, 0.1) is 0 Å². The molecule has 0 radical (unpaired) electrons. The van der Waals surface area contributed by atoms with E-state index >= 15 is 0 Å². The van der Waals surface area contributed by atoms with Crippen LogP contribution in [0.1, 0.15) is 18.1 Å². The predicted octanol–water partition coefficient (Wildman–Crippen LogP) is 3.68. The fourth-order valence-electron chi connectivity index (χ4n) is 1.92. The van der Waals surface area contributed by atoms with Crippen molar-refractivity contribution in [2.75, 3.05) is 7.11 Å². The number of halogens is 1. The van der Waals surface area contributed by atoms with E-state index in [4.69, 9.17) is 10.5 Å². The van der Waals surface area contributed by atoms with Gasteiger partial charge in [-0.15, -0.1) is 0 Å². The van der Waals surface area contributed by atoms with Gasteiger partial charge in [0.25, 0.3) is 0 Å². The van der Waals surface area contributed by atoms with Crippen LogP contribution in [-0.4, -0.2) is 7.11 Å². The number of hydrogen-bond donors (Lipinski definition) is 1. The number of methoxy groups -OCH3 is 1. The molecule has 2 aromatic carbocycles. The highest BCUT2D eigenvalue weighted by Crippen LogP contribution is 2.30. The molecule has 1 atom stereocenters. The Morgan fingerprint density at radius 1 is 1.06 bits per heavy atom. The molecular formula is C15H16BrNO. The third kappa shape index (κ3) is 2.57. The second-order valence-electron chi connectivity index (χ2n) is 4.44. The SMILES string of the molecule is COc1cccc(C(C)(N)c2cccc(Br)c2)c1. The Balaban J connectivity index is 2.46. The zero-order valence-corrected chi connectivity index (χ0v) is 12.1. The van der Waals surface area contributed by atoms with E-state index in [2.05, 4.69) is 15.9 Å². The van der Waals surface area contributed by atoms with Crippen LogP contribution in [0.5, 0.6) is 5.75 Å². The molecule has 2 rings (SSSR count). The molecule has 0 fully saturated rings. The van der Waals surface area contributed by atoms with E-state index in [9.17, 15) is 0 Å². The highest BCUT2D eigenvalue weighted by Gasteiger charge is 2.24. The maximum absolute atomic E-state index is 6.48. The molecule has 18 heavy (non-hydrogen) atoms. The van der Waals surface area contributed by atoms with E-state index in [0.29, 0.717) is 0 Å². The first-order chi connectivity index (χ1) is 8.54. The summed E-state index contributed by atoms with van der Waals surface area (Å²) in [4.78, 5) is 0. The van der Waals surface area contributed by atoms with E-state index in [1.807, 2.05) is 55.5 Å². The maximum Gasteiger partial charge on any atom is 0.119 e. The normalized spacial score (nSPS) is 14.0. The minimum absolute atomic E-state index is 0.543. The summed E-state index contributed by atoms with van der Waals surface area (Å²) in [7, 11) is 1.66. The molecule has 0 saturated carbocycles. The fraction of sp³-hybridized carbons (Fsp3) is 0.200. The fourth-order valence-corrected chi connectivity index (χ4v) is 2.32. The van der Waals surface area contributed by atoms with Crippen LogP contribution in [0.4, 0.5) is 0 Å². The molecule has 0 bridgehead atoms. The van der Waals surface area contributed by atoms with Crippen LogP contribution in [0.2, 0.25) is 0 Å². The van der Waals surface area contributed by atoms with Crippen molar-refractivity contribution in [3.63, 3.8) is 0 Å². The van der Waals surface area contributed by atoms with Crippen LogP contribution < -0.4 is 10.5 Å². The molecule has 0 spiro atoms. The summed E-state index contributed by atoms with van der Waals surface area (Å²) in [5.41, 5.74) is 8.02. The molecule has 0 aliphatic carbocycles. The largest absolute Gasteiger partial charge is 0.497 e. The summed E-state index contributed by atoms with van der Waals surface area (Å²) in [6.45, 7) is 2.00. The highest BCUT2D eigenvalue weighted by atomic mass is 79.9. The maximum atomic E-state index is 6.48. The lowest BCUT2D eigenvalue weighted by atomic mass is 9.86. The van der Waals surface area contributed by atoms with Gasteiger partial charge in [-0.25, -0.2) is 0 Å². The molecule has 0 saturated heterocycles. The van der Waals surface area contributed by atoms with Crippen LogP contribution >= 0.6 is 15.9 Å². The van der Waals surface area contributed by atoms with Crippen molar-refractivity contribution in [3.8, 4) is 5.75 Å². The second kappa shape index (κ2) is 5.12. The highest BCUT2D eigenvalue weighted by molar-refractivity contribution is 9.10. The number of benzene rings is 2. The number of nitrogens with two attached hydrogens (primary N) is 1. The molecule has 0 aliphatic heterocycles. The molecule has 0 aliphatic rings. The lowest BCUT2D eigenvalue weighted by Gasteiger charge is -2.26. The predicted molar refractivity (Wildman–Crippen MR) is 77.8 cm³/mol. The van der Waals surface area contributed by atoms with Gasteiger partial charge in [-0.2, -0.15) is 0 Å². The molecule has 0 heterocycles. The van der Waals surface area contributed by atoms with Gasteiger partial charge in [0, 0.05) is 4.47 Å². The molecular weight excluding hydrogens is 290 g/mol. The average Bonchev–Trinajstić information content (AvgIpc) is 2.39. The van der Waals surface area contributed by atoms with Crippen molar-refractivity contribution in [2.45, 2.75) is 12.5 Å². The molecule has 2 N–H and O–H groups in total. The summed E-state index contributed by atoms with van der Waals surface area (Å²) in [6, 6.07) is 15.9. The van der Waals surface area contributed by atoms with E-state index in [1.165, 1.54) is 0 Å². The third-order valence-electron chi connectivity index (χ3n) is 3.09. The molecule has 3 heteroatoms. The first kappa shape index (κ1) is 13.1. The molecule has 1 unspecified atom stereocenters. The first-order valence-electron chi connectivity index (χ1n) is 5.73. The van der Waals surface area contributed by atoms with Crippen LogP contribution in [0.15, 0.2) is 53.0 Å². The molecule has 0 aromatic heterocycles. The summed E-state index contributed by atoms with van der Waals surface area (Å²) < 4.78 is 6.27. The van der Waals surface area contributed by atoms with Crippen LogP contribution in [-0.2, 0) is 5.54 Å². The van der Waals surface area contributed by atoms with Crippen LogP contribution in [0.25, 0.3) is 0 Å². The minimum Gasteiger partial charge on any atom is -0.497 e. The molecule has 2 aromatic rings. The summed E-state index contributed by atoms with van der Waals surface area (Å²) in [6.07, 6.45) is 0. The lowest BCUT2D eigenvalue weighted by Crippen LogP contribution is -2.34. The van der Waals surface area contributed by atoms with Gasteiger partial charge in [0.15, 0.2) is 0 Å². The Bertz CT molecular complexity index is 552. The van der Waals surface area contributed by atoms with Gasteiger partial charge in [-0.1, -0.05) is 40.2 Å². The Labute approximate surface area is 116 Å². The van der Waals surface area contributed by atoms with Gasteiger partial charge >= 0.3 is 0 Å². The summed E-state index contributed by atoms with van der Waals surface area (Å²) >= 11 is 3.48. The van der Waals surface area contributed by atoms with E-state index < -0.39 is 5.54 Å². The zero-order valence-electron chi connectivity index (χ0n) is 10.5. The smallest absolute Gasteiger partial charge is 0.119 e. The van der Waals surface area contributed by atoms with Gasteiger partial charge in [0.05, 0.1) is 12.6 Å². The van der Waals surface area contributed by atoms with Gasteiger partial charge < -0.3 is 10.5 Å². The summed E-state index contributed by atoms with van der Waals surface area (Å²) in [5.74, 6) is 0.819. The topological polar surface area (TPSA) is 35.2 Å². The van der Waals surface area contributed by atoms with Gasteiger partial charge in [0.2, 0.25) is 0 Å². The number of hydrogen-bond acceptors (Lipinski definition) is 2. The Morgan fingerprint density at radius 3 is 2.28 bits per heavy atom. The third-order valence-corrected chi connectivity index (χ3v) is 3.59. The number of rotatable bonds is 3. The quantitative estimate of drug-likeness (QED) is 0.939. The van der Waals surface area contributed by atoms with E-state index in [-0.39, 0.29) is 0 Å². The van der Waals surface area contributed by atoms with E-state index in [0.717, 1.165) is 21.3 Å². The van der Waals surface area contributed by atoms with Gasteiger partial charge in [0.1, 0.15) is 5.75 Å². The van der Waals surface area contributed by atoms with Crippen LogP contribution in [0.3, 0.4) is 0 Å². The van der Waals surface area contributed by atoms with E-state index in [1.54, 1.807) is 7.11 Å². The standard InChI is InChI=1S/C15H16BrNO/c1-15(17,11-5-3-7-13(16)9-11)12-6-4-8-14(10-12)18-2/h3-10H,17H2,1-2H3. The average molecular weight is 306 g/mol. The zero-order chi connectivity index (χ0) is 13.2. The minimum atomic E-state index is -0.543. The molecule has 0 amide bonds. The Kier molecular flexibility index (Phi) is 3.73. The van der Waals surface area contributed by atoms with Crippen molar-refractivity contribution in [3.05, 3.63) is 64.1 Å². The van der Waals surface area contributed by atoms with Crippen molar-refractivity contribution in [1.29, 1.82) is 0 Å². The molecule has 2 nitrogen and oxygen atoms in total. The summed E-state index contributed by atoms with van der Waals surface area (Å²) in [5, 5.41) is 0. The van der Waals surface area contributed by atoms with Crippen molar-refractivity contribution in [2.24, 2.45) is 5.73 Å².